The Bertz CT molecular complexity index is 2130. The van der Waals surface area contributed by atoms with Crippen molar-refractivity contribution in [3.63, 3.8) is 0 Å². The first-order valence-electron chi connectivity index (χ1n) is 15.5. The molecule has 0 fully saturated rings. The van der Waals surface area contributed by atoms with Crippen molar-refractivity contribution in [1.29, 1.82) is 0 Å². The lowest BCUT2D eigenvalue weighted by Crippen LogP contribution is -2.10. The second kappa shape index (κ2) is 11.4. The quantitative estimate of drug-likeness (QED) is 0.173. The molecule has 0 radical (unpaired) electrons. The molecule has 0 aliphatic carbocycles. The summed E-state index contributed by atoms with van der Waals surface area (Å²) in [6, 6.07) is 42.7. The van der Waals surface area contributed by atoms with Gasteiger partial charge in [-0.2, -0.15) is 0 Å². The molecule has 2 aromatic heterocycles. The minimum Gasteiger partial charge on any atom is -0.135 e. The fourth-order valence-electron chi connectivity index (χ4n) is 6.16. The van der Waals surface area contributed by atoms with Crippen LogP contribution in [0.15, 0.2) is 120 Å². The smallest absolute Gasteiger partial charge is 0.0498 e. The van der Waals surface area contributed by atoms with E-state index in [4.69, 9.17) is 0 Å². The molecule has 224 valence electrons. The van der Waals surface area contributed by atoms with Crippen molar-refractivity contribution in [2.75, 3.05) is 0 Å². The third kappa shape index (κ3) is 5.50. The first-order chi connectivity index (χ1) is 21.5. The summed E-state index contributed by atoms with van der Waals surface area (Å²) in [4.78, 5) is 2.57. The molecule has 45 heavy (non-hydrogen) atoms. The van der Waals surface area contributed by atoms with E-state index in [9.17, 15) is 0 Å². The highest BCUT2D eigenvalue weighted by Gasteiger charge is 2.26. The van der Waals surface area contributed by atoms with E-state index in [2.05, 4.69) is 173 Å². The van der Waals surface area contributed by atoms with Crippen LogP contribution in [0.2, 0.25) is 0 Å². The highest BCUT2D eigenvalue weighted by atomic mass is 79.9. The standard InChI is InChI=1S/C42H37BrS2/c1-41(2,3)30-21-17-26(18-22-30)33-25-32-36-37(43)38(29-19-23-31(24-20-29)42(4,5)6)45-40(36)35(28-15-11-8-12-16-28)34(39(32)44-33)27-13-9-7-10-14-27/h7-25H,1-6H3. The molecule has 0 nitrogen and oxygen atoms in total. The van der Waals surface area contributed by atoms with Crippen LogP contribution in [-0.4, -0.2) is 0 Å². The van der Waals surface area contributed by atoms with E-state index in [0.29, 0.717) is 0 Å². The Balaban J connectivity index is 1.56. The highest BCUT2D eigenvalue weighted by molar-refractivity contribution is 9.10. The van der Waals surface area contributed by atoms with Gasteiger partial charge in [0, 0.05) is 45.5 Å². The molecule has 3 heteroatoms. The zero-order valence-corrected chi connectivity index (χ0v) is 29.9. The van der Waals surface area contributed by atoms with Gasteiger partial charge in [0.2, 0.25) is 0 Å². The Hall–Kier alpha value is -3.50. The first-order valence-corrected chi connectivity index (χ1v) is 18.0. The Labute approximate surface area is 283 Å². The van der Waals surface area contributed by atoms with Gasteiger partial charge >= 0.3 is 0 Å². The molecule has 0 amide bonds. The summed E-state index contributed by atoms with van der Waals surface area (Å²) in [6.07, 6.45) is 0. The summed E-state index contributed by atoms with van der Waals surface area (Å²) in [7, 11) is 0. The fourth-order valence-corrected chi connectivity index (χ4v) is 9.71. The number of thiophene rings is 2. The molecule has 0 saturated heterocycles. The summed E-state index contributed by atoms with van der Waals surface area (Å²) in [5.41, 5.74) is 10.6. The molecular formula is C42H37BrS2. The van der Waals surface area contributed by atoms with E-state index in [1.165, 1.54) is 78.9 Å². The van der Waals surface area contributed by atoms with Gasteiger partial charge in [-0.25, -0.2) is 0 Å². The molecular weight excluding hydrogens is 649 g/mol. The van der Waals surface area contributed by atoms with Gasteiger partial charge in [0.25, 0.3) is 0 Å². The predicted molar refractivity (Wildman–Crippen MR) is 204 cm³/mol. The van der Waals surface area contributed by atoms with Crippen molar-refractivity contribution in [2.45, 2.75) is 52.4 Å². The van der Waals surface area contributed by atoms with E-state index in [0.717, 1.165) is 0 Å². The number of rotatable bonds is 4. The van der Waals surface area contributed by atoms with Crippen LogP contribution in [0.25, 0.3) is 63.3 Å². The molecule has 7 aromatic rings. The van der Waals surface area contributed by atoms with Crippen LogP contribution in [0, 0.1) is 0 Å². The zero-order chi connectivity index (χ0) is 31.5. The number of benzene rings is 5. The monoisotopic (exact) mass is 684 g/mol. The van der Waals surface area contributed by atoms with E-state index in [1.807, 2.05) is 22.7 Å². The van der Waals surface area contributed by atoms with Gasteiger partial charge in [-0.15, -0.1) is 22.7 Å². The topological polar surface area (TPSA) is 0 Å². The van der Waals surface area contributed by atoms with Crippen LogP contribution >= 0.6 is 38.6 Å². The molecule has 0 N–H and O–H groups in total. The van der Waals surface area contributed by atoms with E-state index in [1.54, 1.807) is 0 Å². The average Bonchev–Trinajstić information content (AvgIpc) is 3.62. The summed E-state index contributed by atoms with van der Waals surface area (Å²) in [5, 5.41) is 2.61. The third-order valence-electron chi connectivity index (χ3n) is 8.73. The van der Waals surface area contributed by atoms with Crippen LogP contribution in [0.5, 0.6) is 0 Å². The predicted octanol–water partition coefficient (Wildman–Crippen LogP) is 14.1. The van der Waals surface area contributed by atoms with E-state index >= 15 is 0 Å². The summed E-state index contributed by atoms with van der Waals surface area (Å²) >= 11 is 7.98. The van der Waals surface area contributed by atoms with Gasteiger partial charge in [0.15, 0.2) is 0 Å². The van der Waals surface area contributed by atoms with Gasteiger partial charge in [-0.05, 0) is 66.2 Å². The zero-order valence-electron chi connectivity index (χ0n) is 26.7. The molecule has 0 bridgehead atoms. The van der Waals surface area contributed by atoms with Crippen LogP contribution < -0.4 is 0 Å². The molecule has 0 aliphatic heterocycles. The summed E-state index contributed by atoms with van der Waals surface area (Å²) in [6.45, 7) is 13.6. The van der Waals surface area contributed by atoms with Crippen molar-refractivity contribution < 1.29 is 0 Å². The second-order valence-electron chi connectivity index (χ2n) is 13.9. The van der Waals surface area contributed by atoms with Crippen molar-refractivity contribution in [1.82, 2.24) is 0 Å². The number of hydrogen-bond donors (Lipinski definition) is 0. The molecule has 2 heterocycles. The van der Waals surface area contributed by atoms with Gasteiger partial charge < -0.3 is 0 Å². The number of fused-ring (bicyclic) bond motifs is 3. The van der Waals surface area contributed by atoms with Gasteiger partial charge in [0.05, 0.1) is 0 Å². The van der Waals surface area contributed by atoms with Crippen molar-refractivity contribution in [3.8, 4) is 43.1 Å². The number of hydrogen-bond acceptors (Lipinski definition) is 2. The lowest BCUT2D eigenvalue weighted by atomic mass is 9.86. The molecule has 0 atom stereocenters. The second-order valence-corrected chi connectivity index (χ2v) is 16.8. The molecule has 0 spiro atoms. The first kappa shape index (κ1) is 30.2. The van der Waals surface area contributed by atoms with Crippen LogP contribution in [0.4, 0.5) is 0 Å². The minimum atomic E-state index is 0.116. The largest absolute Gasteiger partial charge is 0.135 e. The maximum atomic E-state index is 4.17. The molecule has 0 saturated carbocycles. The molecule has 0 aliphatic rings. The molecule has 0 unspecified atom stereocenters. The van der Waals surface area contributed by atoms with Crippen LogP contribution in [0.1, 0.15) is 52.7 Å². The molecule has 5 aromatic carbocycles. The van der Waals surface area contributed by atoms with Crippen LogP contribution in [0.3, 0.4) is 0 Å². The summed E-state index contributed by atoms with van der Waals surface area (Å²) in [5.74, 6) is 0. The average molecular weight is 686 g/mol. The van der Waals surface area contributed by atoms with E-state index < -0.39 is 0 Å². The van der Waals surface area contributed by atoms with Crippen molar-refractivity contribution >= 4 is 58.8 Å². The van der Waals surface area contributed by atoms with Crippen molar-refractivity contribution in [3.05, 3.63) is 131 Å². The lowest BCUT2D eigenvalue weighted by Gasteiger charge is -2.19. The Morgan fingerprint density at radius 1 is 0.489 bits per heavy atom. The van der Waals surface area contributed by atoms with E-state index in [-0.39, 0.29) is 10.8 Å². The van der Waals surface area contributed by atoms with Gasteiger partial charge in [0.1, 0.15) is 0 Å². The Morgan fingerprint density at radius 3 is 1.44 bits per heavy atom. The van der Waals surface area contributed by atoms with Gasteiger partial charge in [-0.1, -0.05) is 151 Å². The van der Waals surface area contributed by atoms with Crippen molar-refractivity contribution in [2.24, 2.45) is 0 Å². The normalized spacial score (nSPS) is 12.3. The molecule has 7 rings (SSSR count). The SMILES string of the molecule is CC(C)(C)c1ccc(-c2cc3c(s2)c(-c2ccccc2)c(-c2ccccc2)c2sc(-c4ccc(C(C)(C)C)cc4)c(Br)c23)cc1. The maximum Gasteiger partial charge on any atom is 0.0498 e. The highest BCUT2D eigenvalue weighted by Crippen LogP contribution is 2.55. The number of halogens is 1. The summed E-state index contributed by atoms with van der Waals surface area (Å²) < 4.78 is 3.83. The Morgan fingerprint density at radius 2 is 0.956 bits per heavy atom. The van der Waals surface area contributed by atoms with Crippen LogP contribution in [-0.2, 0) is 10.8 Å². The minimum absolute atomic E-state index is 0.116. The Kier molecular flexibility index (Phi) is 7.63. The van der Waals surface area contributed by atoms with Gasteiger partial charge in [-0.3, -0.25) is 0 Å². The fraction of sp³-hybridized carbons (Fsp3) is 0.190. The lowest BCUT2D eigenvalue weighted by molar-refractivity contribution is 0.590. The maximum absolute atomic E-state index is 4.17. The third-order valence-corrected chi connectivity index (χ3v) is 12.2.